The highest BCUT2D eigenvalue weighted by Crippen LogP contribution is 2.32. The molecule has 0 atom stereocenters. The van der Waals surface area contributed by atoms with Crippen molar-refractivity contribution in [2.24, 2.45) is 0 Å². The first-order valence-electron chi connectivity index (χ1n) is 6.67. The van der Waals surface area contributed by atoms with Crippen LogP contribution in [0.1, 0.15) is 42.3 Å². The molecule has 1 aromatic heterocycles. The molecule has 0 aliphatic carbocycles. The maximum absolute atomic E-state index is 9.28. The van der Waals surface area contributed by atoms with E-state index in [-0.39, 0.29) is 0 Å². The molecule has 1 heterocycles. The first kappa shape index (κ1) is 14.6. The lowest BCUT2D eigenvalue weighted by Gasteiger charge is -2.09. The molecule has 0 aliphatic rings. The Kier molecular flexibility index (Phi) is 4.46. The lowest BCUT2D eigenvalue weighted by molar-refractivity contribution is 0.865. The lowest BCUT2D eigenvalue weighted by Crippen LogP contribution is -1.94. The molecule has 0 spiro atoms. The number of aromatic nitrogens is 1. The van der Waals surface area contributed by atoms with Crippen LogP contribution >= 0.6 is 11.8 Å². The summed E-state index contributed by atoms with van der Waals surface area (Å²) in [7, 11) is 0. The van der Waals surface area contributed by atoms with Gasteiger partial charge >= 0.3 is 0 Å². The zero-order chi connectivity index (χ0) is 14.7. The van der Waals surface area contributed by atoms with E-state index >= 15 is 0 Å². The topological polar surface area (TPSA) is 36.7 Å². The van der Waals surface area contributed by atoms with E-state index in [0.717, 1.165) is 21.2 Å². The second-order valence-electron chi connectivity index (χ2n) is 5.16. The molecule has 1 aromatic carbocycles. The van der Waals surface area contributed by atoms with E-state index in [4.69, 9.17) is 0 Å². The second-order valence-corrected chi connectivity index (χ2v) is 6.28. The van der Waals surface area contributed by atoms with Crippen LogP contribution in [-0.2, 0) is 0 Å². The molecule has 2 rings (SSSR count). The van der Waals surface area contributed by atoms with Crippen LogP contribution in [0.15, 0.2) is 40.1 Å². The molecule has 0 saturated heterocycles. The average molecular weight is 282 g/mol. The van der Waals surface area contributed by atoms with Crippen molar-refractivity contribution in [3.05, 3.63) is 52.8 Å². The molecule has 0 saturated carbocycles. The standard InChI is InChI=1S/C17H18N2S/c1-11(2)14-5-7-15(8-6-14)20-17-9-12(3)19-13(4)16(17)10-18/h5-9,11H,1-4H3. The highest BCUT2D eigenvalue weighted by atomic mass is 32.2. The van der Waals surface area contributed by atoms with Crippen LogP contribution in [0.4, 0.5) is 0 Å². The van der Waals surface area contributed by atoms with E-state index in [9.17, 15) is 5.26 Å². The normalized spacial score (nSPS) is 10.6. The summed E-state index contributed by atoms with van der Waals surface area (Å²) in [5.41, 5.74) is 3.75. The highest BCUT2D eigenvalue weighted by molar-refractivity contribution is 7.99. The minimum Gasteiger partial charge on any atom is -0.257 e. The van der Waals surface area contributed by atoms with Crippen molar-refractivity contribution >= 4 is 11.8 Å². The van der Waals surface area contributed by atoms with Crippen molar-refractivity contribution in [3.63, 3.8) is 0 Å². The number of nitriles is 1. The SMILES string of the molecule is Cc1cc(Sc2ccc(C(C)C)cc2)c(C#N)c(C)n1. The van der Waals surface area contributed by atoms with E-state index in [1.807, 2.05) is 19.9 Å². The Morgan fingerprint density at radius 3 is 2.35 bits per heavy atom. The predicted octanol–water partition coefficient (Wildman–Crippen LogP) is 4.84. The van der Waals surface area contributed by atoms with Gasteiger partial charge in [-0.25, -0.2) is 0 Å². The summed E-state index contributed by atoms with van der Waals surface area (Å²) in [6.45, 7) is 8.22. The van der Waals surface area contributed by atoms with Gasteiger partial charge < -0.3 is 0 Å². The van der Waals surface area contributed by atoms with Crippen molar-refractivity contribution in [2.75, 3.05) is 0 Å². The quantitative estimate of drug-likeness (QED) is 0.808. The maximum atomic E-state index is 9.28. The van der Waals surface area contributed by atoms with Gasteiger partial charge in [-0.2, -0.15) is 5.26 Å². The van der Waals surface area contributed by atoms with Gasteiger partial charge in [0.05, 0.1) is 11.3 Å². The van der Waals surface area contributed by atoms with E-state index in [1.165, 1.54) is 5.56 Å². The molecule has 102 valence electrons. The molecular formula is C17H18N2S. The summed E-state index contributed by atoms with van der Waals surface area (Å²) in [4.78, 5) is 6.48. The maximum Gasteiger partial charge on any atom is 0.102 e. The summed E-state index contributed by atoms with van der Waals surface area (Å²) in [5, 5.41) is 9.28. The summed E-state index contributed by atoms with van der Waals surface area (Å²) in [6.07, 6.45) is 0. The summed E-state index contributed by atoms with van der Waals surface area (Å²) < 4.78 is 0. The van der Waals surface area contributed by atoms with E-state index in [2.05, 4.69) is 49.2 Å². The zero-order valence-corrected chi connectivity index (χ0v) is 13.1. The van der Waals surface area contributed by atoms with Gasteiger partial charge in [-0.05, 0) is 43.5 Å². The van der Waals surface area contributed by atoms with E-state index in [0.29, 0.717) is 11.5 Å². The van der Waals surface area contributed by atoms with Crippen LogP contribution in [0.2, 0.25) is 0 Å². The fraction of sp³-hybridized carbons (Fsp3) is 0.294. The average Bonchev–Trinajstić information content (AvgIpc) is 2.39. The third kappa shape index (κ3) is 3.20. The number of nitrogens with zero attached hydrogens (tertiary/aromatic N) is 2. The largest absolute Gasteiger partial charge is 0.257 e. The minimum absolute atomic E-state index is 0.536. The first-order valence-corrected chi connectivity index (χ1v) is 7.49. The zero-order valence-electron chi connectivity index (χ0n) is 12.3. The number of rotatable bonds is 3. The van der Waals surface area contributed by atoms with Crippen LogP contribution in [0.3, 0.4) is 0 Å². The van der Waals surface area contributed by atoms with Gasteiger partial charge in [0.15, 0.2) is 0 Å². The van der Waals surface area contributed by atoms with Crippen LogP contribution < -0.4 is 0 Å². The van der Waals surface area contributed by atoms with Crippen molar-refractivity contribution in [1.29, 1.82) is 5.26 Å². The number of benzene rings is 1. The lowest BCUT2D eigenvalue weighted by atomic mass is 10.0. The Bertz CT molecular complexity index is 652. The van der Waals surface area contributed by atoms with Gasteiger partial charge in [0.25, 0.3) is 0 Å². The molecule has 0 unspecified atom stereocenters. The van der Waals surface area contributed by atoms with Gasteiger partial charge in [-0.1, -0.05) is 37.7 Å². The molecule has 0 amide bonds. The van der Waals surface area contributed by atoms with Crippen LogP contribution in [0, 0.1) is 25.2 Å². The summed E-state index contributed by atoms with van der Waals surface area (Å²) in [5.74, 6) is 0.536. The first-order chi connectivity index (χ1) is 9.51. The summed E-state index contributed by atoms with van der Waals surface area (Å²) >= 11 is 1.63. The molecule has 0 bridgehead atoms. The van der Waals surface area contributed by atoms with Gasteiger partial charge in [0.2, 0.25) is 0 Å². The Morgan fingerprint density at radius 1 is 1.15 bits per heavy atom. The number of pyridine rings is 1. The minimum atomic E-state index is 0.536. The predicted molar refractivity (Wildman–Crippen MR) is 83.1 cm³/mol. The van der Waals surface area contributed by atoms with Crippen molar-refractivity contribution in [3.8, 4) is 6.07 Å². The Balaban J connectivity index is 2.33. The molecule has 0 N–H and O–H groups in total. The Hall–Kier alpha value is -1.79. The monoisotopic (exact) mass is 282 g/mol. The van der Waals surface area contributed by atoms with E-state index < -0.39 is 0 Å². The van der Waals surface area contributed by atoms with Gasteiger partial charge in [-0.3, -0.25) is 4.98 Å². The second kappa shape index (κ2) is 6.11. The number of hydrogen-bond acceptors (Lipinski definition) is 3. The molecule has 2 aromatic rings. The Morgan fingerprint density at radius 2 is 1.80 bits per heavy atom. The van der Waals surface area contributed by atoms with Gasteiger partial charge in [-0.15, -0.1) is 0 Å². The van der Waals surface area contributed by atoms with Crippen LogP contribution in [-0.4, -0.2) is 4.98 Å². The Labute approximate surface area is 124 Å². The fourth-order valence-electron chi connectivity index (χ4n) is 2.06. The highest BCUT2D eigenvalue weighted by Gasteiger charge is 2.10. The molecule has 0 aliphatic heterocycles. The fourth-order valence-corrected chi connectivity index (χ4v) is 3.11. The van der Waals surface area contributed by atoms with Crippen molar-refractivity contribution < 1.29 is 0 Å². The number of hydrogen-bond donors (Lipinski definition) is 0. The van der Waals surface area contributed by atoms with Gasteiger partial charge in [0, 0.05) is 15.5 Å². The third-order valence-corrected chi connectivity index (χ3v) is 4.23. The van der Waals surface area contributed by atoms with Crippen molar-refractivity contribution in [1.82, 2.24) is 4.98 Å². The summed E-state index contributed by atoms with van der Waals surface area (Å²) in [6, 6.07) is 12.8. The molecule has 2 nitrogen and oxygen atoms in total. The van der Waals surface area contributed by atoms with E-state index in [1.54, 1.807) is 11.8 Å². The molecular weight excluding hydrogens is 264 g/mol. The molecule has 0 radical (unpaired) electrons. The molecule has 3 heteroatoms. The molecule has 0 fully saturated rings. The molecule has 20 heavy (non-hydrogen) atoms. The smallest absolute Gasteiger partial charge is 0.102 e. The van der Waals surface area contributed by atoms with Crippen LogP contribution in [0.25, 0.3) is 0 Å². The number of aryl methyl sites for hydroxylation is 2. The van der Waals surface area contributed by atoms with Crippen LogP contribution in [0.5, 0.6) is 0 Å². The van der Waals surface area contributed by atoms with Crippen molar-refractivity contribution in [2.45, 2.75) is 43.4 Å². The third-order valence-electron chi connectivity index (χ3n) is 3.18. The van der Waals surface area contributed by atoms with Gasteiger partial charge in [0.1, 0.15) is 6.07 Å².